The maximum absolute atomic E-state index is 11.9. The fourth-order valence-corrected chi connectivity index (χ4v) is 1.35. The van der Waals surface area contributed by atoms with E-state index in [1.807, 2.05) is 45.0 Å². The summed E-state index contributed by atoms with van der Waals surface area (Å²) in [5.74, 6) is 0.172. The molecule has 0 aliphatic heterocycles. The van der Waals surface area contributed by atoms with Gasteiger partial charge in [0.2, 0.25) is 0 Å². The Morgan fingerprint density at radius 1 is 1.27 bits per heavy atom. The Balaban J connectivity index is 2.74. The largest absolute Gasteiger partial charge is 0.330 e. The first-order valence-electron chi connectivity index (χ1n) is 5.24. The van der Waals surface area contributed by atoms with Crippen LogP contribution in [0.25, 0.3) is 0 Å². The van der Waals surface area contributed by atoms with Crippen LogP contribution in [0.2, 0.25) is 0 Å². The number of ketones is 1. The molecule has 15 heavy (non-hydrogen) atoms. The van der Waals surface area contributed by atoms with Crippen LogP contribution in [0.5, 0.6) is 0 Å². The van der Waals surface area contributed by atoms with Crippen LogP contribution in [-0.2, 0) is 0 Å². The van der Waals surface area contributed by atoms with Crippen LogP contribution in [0.15, 0.2) is 24.3 Å². The first kappa shape index (κ1) is 11.9. The predicted octanol–water partition coefficient (Wildman–Crippen LogP) is 2.55. The monoisotopic (exact) mass is 205 g/mol. The third kappa shape index (κ3) is 3.48. The van der Waals surface area contributed by atoms with E-state index in [4.69, 9.17) is 5.73 Å². The number of benzene rings is 1. The second kappa shape index (κ2) is 4.58. The van der Waals surface area contributed by atoms with E-state index in [-0.39, 0.29) is 11.2 Å². The van der Waals surface area contributed by atoms with Gasteiger partial charge in [0.25, 0.3) is 0 Å². The van der Waals surface area contributed by atoms with Gasteiger partial charge in [-0.25, -0.2) is 0 Å². The lowest BCUT2D eigenvalue weighted by atomic mass is 9.86. The molecular formula is C13H19NO. The minimum atomic E-state index is -0.109. The molecule has 2 nitrogen and oxygen atoms in total. The molecule has 1 rings (SSSR count). The van der Waals surface area contributed by atoms with Crippen LogP contribution in [0.4, 0.5) is 0 Å². The van der Waals surface area contributed by atoms with Gasteiger partial charge < -0.3 is 5.73 Å². The number of carbonyl (C=O) groups excluding carboxylic acids is 1. The third-order valence-electron chi connectivity index (χ3n) is 2.57. The molecule has 0 spiro atoms. The zero-order valence-electron chi connectivity index (χ0n) is 9.71. The van der Waals surface area contributed by atoms with Crippen molar-refractivity contribution in [2.24, 2.45) is 11.1 Å². The SMILES string of the molecule is Cc1ccc(C(=O)CC(C)(C)CN)cc1. The molecule has 0 atom stereocenters. The van der Waals surface area contributed by atoms with Crippen molar-refractivity contribution in [2.45, 2.75) is 27.2 Å². The molecule has 0 aliphatic rings. The molecule has 0 radical (unpaired) electrons. The number of hydrogen-bond donors (Lipinski definition) is 1. The Labute approximate surface area is 91.5 Å². The minimum Gasteiger partial charge on any atom is -0.330 e. The molecular weight excluding hydrogens is 186 g/mol. The molecule has 0 aliphatic carbocycles. The quantitative estimate of drug-likeness (QED) is 0.768. The lowest BCUT2D eigenvalue weighted by molar-refractivity contribution is 0.0935. The van der Waals surface area contributed by atoms with Crippen LogP contribution >= 0.6 is 0 Å². The van der Waals surface area contributed by atoms with Gasteiger partial charge in [0, 0.05) is 12.0 Å². The standard InChI is InChI=1S/C13H19NO/c1-10-4-6-11(7-5-10)12(15)8-13(2,3)9-14/h4-7H,8-9,14H2,1-3H3. The molecule has 1 aromatic rings. The number of Topliss-reactive ketones (excluding diaryl/α,β-unsaturated/α-hetero) is 1. The molecule has 2 N–H and O–H groups in total. The second-order valence-corrected chi connectivity index (χ2v) is 4.83. The highest BCUT2D eigenvalue weighted by Gasteiger charge is 2.20. The number of nitrogens with two attached hydrogens (primary N) is 1. The Morgan fingerprint density at radius 2 is 1.80 bits per heavy atom. The number of aryl methyl sites for hydroxylation is 1. The summed E-state index contributed by atoms with van der Waals surface area (Å²) in [6.45, 7) is 6.57. The highest BCUT2D eigenvalue weighted by atomic mass is 16.1. The molecule has 82 valence electrons. The fraction of sp³-hybridized carbons (Fsp3) is 0.462. The van der Waals surface area contributed by atoms with Crippen molar-refractivity contribution in [3.63, 3.8) is 0 Å². The summed E-state index contributed by atoms with van der Waals surface area (Å²) >= 11 is 0. The van der Waals surface area contributed by atoms with E-state index in [9.17, 15) is 4.79 Å². The lowest BCUT2D eigenvalue weighted by Crippen LogP contribution is -2.26. The summed E-state index contributed by atoms with van der Waals surface area (Å²) in [5, 5.41) is 0. The highest BCUT2D eigenvalue weighted by molar-refractivity contribution is 5.96. The minimum absolute atomic E-state index is 0.109. The molecule has 0 saturated heterocycles. The van der Waals surface area contributed by atoms with E-state index in [2.05, 4.69) is 0 Å². The zero-order valence-corrected chi connectivity index (χ0v) is 9.71. The average molecular weight is 205 g/mol. The van der Waals surface area contributed by atoms with E-state index >= 15 is 0 Å². The van der Waals surface area contributed by atoms with Crippen molar-refractivity contribution in [1.29, 1.82) is 0 Å². The van der Waals surface area contributed by atoms with Crippen molar-refractivity contribution in [3.8, 4) is 0 Å². The van der Waals surface area contributed by atoms with Crippen LogP contribution in [0.3, 0.4) is 0 Å². The summed E-state index contributed by atoms with van der Waals surface area (Å²) in [6.07, 6.45) is 0.507. The van der Waals surface area contributed by atoms with Crippen molar-refractivity contribution in [3.05, 3.63) is 35.4 Å². The molecule has 1 aromatic carbocycles. The van der Waals surface area contributed by atoms with Gasteiger partial charge in [-0.2, -0.15) is 0 Å². The molecule has 0 saturated carbocycles. The Hall–Kier alpha value is -1.15. The van der Waals surface area contributed by atoms with Crippen molar-refractivity contribution < 1.29 is 4.79 Å². The maximum Gasteiger partial charge on any atom is 0.163 e. The topological polar surface area (TPSA) is 43.1 Å². The summed E-state index contributed by atoms with van der Waals surface area (Å²) in [5.41, 5.74) is 7.45. The highest BCUT2D eigenvalue weighted by Crippen LogP contribution is 2.21. The molecule has 0 amide bonds. The van der Waals surface area contributed by atoms with Crippen molar-refractivity contribution in [2.75, 3.05) is 6.54 Å². The van der Waals surface area contributed by atoms with Crippen LogP contribution in [-0.4, -0.2) is 12.3 Å². The fourth-order valence-electron chi connectivity index (χ4n) is 1.35. The second-order valence-electron chi connectivity index (χ2n) is 4.83. The zero-order chi connectivity index (χ0) is 11.5. The molecule has 0 aromatic heterocycles. The summed E-state index contributed by atoms with van der Waals surface area (Å²) < 4.78 is 0. The van der Waals surface area contributed by atoms with Gasteiger partial charge in [0.05, 0.1) is 0 Å². The van der Waals surface area contributed by atoms with Crippen LogP contribution in [0.1, 0.15) is 36.2 Å². The van der Waals surface area contributed by atoms with Gasteiger partial charge in [0.15, 0.2) is 5.78 Å². The van der Waals surface area contributed by atoms with Gasteiger partial charge in [0.1, 0.15) is 0 Å². The first-order chi connectivity index (χ1) is 6.94. The predicted molar refractivity (Wildman–Crippen MR) is 63.0 cm³/mol. The summed E-state index contributed by atoms with van der Waals surface area (Å²) in [7, 11) is 0. The van der Waals surface area contributed by atoms with Crippen LogP contribution < -0.4 is 5.73 Å². The van der Waals surface area contributed by atoms with Gasteiger partial charge >= 0.3 is 0 Å². The van der Waals surface area contributed by atoms with E-state index in [1.54, 1.807) is 0 Å². The smallest absolute Gasteiger partial charge is 0.163 e. The Bertz CT molecular complexity index is 338. The first-order valence-corrected chi connectivity index (χ1v) is 5.24. The maximum atomic E-state index is 11.9. The Kier molecular flexibility index (Phi) is 3.64. The number of rotatable bonds is 4. The van der Waals surface area contributed by atoms with E-state index in [0.717, 1.165) is 5.56 Å². The normalized spacial score (nSPS) is 11.5. The average Bonchev–Trinajstić information content (AvgIpc) is 2.18. The molecule has 2 heteroatoms. The molecule has 0 unspecified atom stereocenters. The summed E-state index contributed by atoms with van der Waals surface area (Å²) in [4.78, 5) is 11.9. The molecule has 0 heterocycles. The van der Waals surface area contributed by atoms with Crippen molar-refractivity contribution >= 4 is 5.78 Å². The summed E-state index contributed by atoms with van der Waals surface area (Å²) in [6, 6.07) is 7.68. The lowest BCUT2D eigenvalue weighted by Gasteiger charge is -2.21. The molecule has 0 fully saturated rings. The number of carbonyl (C=O) groups is 1. The number of hydrogen-bond acceptors (Lipinski definition) is 2. The van der Waals surface area contributed by atoms with E-state index in [0.29, 0.717) is 13.0 Å². The van der Waals surface area contributed by atoms with E-state index in [1.165, 1.54) is 5.56 Å². The van der Waals surface area contributed by atoms with Gasteiger partial charge in [-0.3, -0.25) is 4.79 Å². The molecule has 0 bridgehead atoms. The van der Waals surface area contributed by atoms with Crippen molar-refractivity contribution in [1.82, 2.24) is 0 Å². The Morgan fingerprint density at radius 3 is 2.27 bits per heavy atom. The van der Waals surface area contributed by atoms with Gasteiger partial charge in [-0.1, -0.05) is 43.7 Å². The third-order valence-corrected chi connectivity index (χ3v) is 2.57. The van der Waals surface area contributed by atoms with Gasteiger partial charge in [-0.15, -0.1) is 0 Å². The van der Waals surface area contributed by atoms with E-state index < -0.39 is 0 Å². The van der Waals surface area contributed by atoms with Crippen LogP contribution in [0, 0.1) is 12.3 Å². The van der Waals surface area contributed by atoms with Gasteiger partial charge in [-0.05, 0) is 18.9 Å².